The Kier molecular flexibility index (Phi) is 3.91. The molecule has 0 atom stereocenters. The minimum Gasteiger partial charge on any atom is -0.304 e. The summed E-state index contributed by atoms with van der Waals surface area (Å²) in [5, 5.41) is 7.51. The lowest BCUT2D eigenvalue weighted by Gasteiger charge is -2.08. The van der Waals surface area contributed by atoms with Gasteiger partial charge in [-0.05, 0) is 25.3 Å². The first kappa shape index (κ1) is 16.0. The Morgan fingerprint density at radius 3 is 2.92 bits per heavy atom. The van der Waals surface area contributed by atoms with Gasteiger partial charge in [-0.1, -0.05) is 6.42 Å². The molecule has 1 N–H and O–H groups in total. The molecule has 4 rings (SSSR count). The molecular formula is C17H19N5O2S. The number of rotatable bonds is 2. The summed E-state index contributed by atoms with van der Waals surface area (Å²) < 4.78 is 3.41. The van der Waals surface area contributed by atoms with Gasteiger partial charge in [0, 0.05) is 32.3 Å². The maximum absolute atomic E-state index is 12.9. The zero-order chi connectivity index (χ0) is 17.6. The van der Waals surface area contributed by atoms with Crippen LogP contribution in [-0.2, 0) is 20.0 Å². The molecule has 0 aromatic carbocycles. The molecular weight excluding hydrogens is 338 g/mol. The number of amides is 1. The van der Waals surface area contributed by atoms with E-state index in [2.05, 4.69) is 10.4 Å². The Labute approximate surface area is 148 Å². The number of nitrogens with one attached hydrogen (secondary N) is 1. The molecule has 3 aromatic heterocycles. The molecule has 0 spiro atoms. The van der Waals surface area contributed by atoms with Crippen molar-refractivity contribution in [3.05, 3.63) is 38.9 Å². The SMILES string of the molecule is Cc1c(C(=O)Nc2ccn(C)n2)sc2nc3n(c(=O)c12)CCCCC3. The molecule has 1 aliphatic rings. The summed E-state index contributed by atoms with van der Waals surface area (Å²) in [6, 6.07) is 1.73. The Balaban J connectivity index is 1.78. The maximum Gasteiger partial charge on any atom is 0.267 e. The number of hydrogen-bond donors (Lipinski definition) is 1. The average molecular weight is 357 g/mol. The van der Waals surface area contributed by atoms with Crippen molar-refractivity contribution in [1.82, 2.24) is 19.3 Å². The standard InChI is InChI=1S/C17H19N5O2S/c1-10-13-16(19-12-6-4-3-5-8-22(12)17(13)24)25-14(10)15(23)18-11-7-9-21(2)20-11/h7,9H,3-6,8H2,1-2H3,(H,18,20,23). The molecule has 0 saturated heterocycles. The van der Waals surface area contributed by atoms with Crippen LogP contribution in [0.5, 0.6) is 0 Å². The van der Waals surface area contributed by atoms with Gasteiger partial charge < -0.3 is 5.32 Å². The van der Waals surface area contributed by atoms with Crippen molar-refractivity contribution in [1.29, 1.82) is 0 Å². The van der Waals surface area contributed by atoms with Gasteiger partial charge >= 0.3 is 0 Å². The van der Waals surface area contributed by atoms with Crippen LogP contribution >= 0.6 is 11.3 Å². The molecule has 1 aliphatic heterocycles. The summed E-state index contributed by atoms with van der Waals surface area (Å²) in [6.07, 6.45) is 5.74. The van der Waals surface area contributed by atoms with Gasteiger partial charge in [0.2, 0.25) is 0 Å². The number of nitrogens with zero attached hydrogens (tertiary/aromatic N) is 4. The number of aryl methyl sites for hydroxylation is 3. The van der Waals surface area contributed by atoms with E-state index in [4.69, 9.17) is 4.98 Å². The second-order valence-electron chi connectivity index (χ2n) is 6.36. The molecule has 0 fully saturated rings. The highest BCUT2D eigenvalue weighted by molar-refractivity contribution is 7.20. The van der Waals surface area contributed by atoms with Crippen molar-refractivity contribution in [3.63, 3.8) is 0 Å². The fraction of sp³-hybridized carbons (Fsp3) is 0.412. The van der Waals surface area contributed by atoms with Gasteiger partial charge in [0.15, 0.2) is 5.82 Å². The molecule has 0 saturated carbocycles. The normalized spacial score (nSPS) is 14.3. The molecule has 25 heavy (non-hydrogen) atoms. The average Bonchev–Trinajstić information content (AvgIpc) is 3.02. The van der Waals surface area contributed by atoms with Crippen LogP contribution in [0.15, 0.2) is 17.1 Å². The van der Waals surface area contributed by atoms with Crippen molar-refractivity contribution in [2.75, 3.05) is 5.32 Å². The van der Waals surface area contributed by atoms with Gasteiger partial charge in [-0.2, -0.15) is 5.10 Å². The predicted molar refractivity (Wildman–Crippen MR) is 97.3 cm³/mol. The van der Waals surface area contributed by atoms with Crippen molar-refractivity contribution in [2.24, 2.45) is 7.05 Å². The number of carbonyl (C=O) groups is 1. The highest BCUT2D eigenvalue weighted by Gasteiger charge is 2.22. The van der Waals surface area contributed by atoms with Crippen molar-refractivity contribution in [2.45, 2.75) is 39.2 Å². The van der Waals surface area contributed by atoms with Crippen molar-refractivity contribution < 1.29 is 4.79 Å². The molecule has 0 aliphatic carbocycles. The van der Waals surface area contributed by atoms with Crippen LogP contribution in [0.1, 0.15) is 40.3 Å². The van der Waals surface area contributed by atoms with Gasteiger partial charge in [-0.3, -0.25) is 18.8 Å². The van der Waals surface area contributed by atoms with E-state index in [1.165, 1.54) is 11.3 Å². The van der Waals surface area contributed by atoms with Gasteiger partial charge in [-0.15, -0.1) is 11.3 Å². The summed E-state index contributed by atoms with van der Waals surface area (Å²) in [5.74, 6) is 1.08. The lowest BCUT2D eigenvalue weighted by Crippen LogP contribution is -2.24. The summed E-state index contributed by atoms with van der Waals surface area (Å²) in [6.45, 7) is 2.53. The Morgan fingerprint density at radius 2 is 2.16 bits per heavy atom. The fourth-order valence-corrected chi connectivity index (χ4v) is 4.37. The van der Waals surface area contributed by atoms with E-state index in [9.17, 15) is 9.59 Å². The summed E-state index contributed by atoms with van der Waals surface area (Å²) >= 11 is 1.28. The molecule has 4 heterocycles. The van der Waals surface area contributed by atoms with E-state index < -0.39 is 0 Å². The first-order valence-corrected chi connectivity index (χ1v) is 9.20. The number of aromatic nitrogens is 4. The highest BCUT2D eigenvalue weighted by atomic mass is 32.1. The molecule has 0 unspecified atom stereocenters. The van der Waals surface area contributed by atoms with Crippen molar-refractivity contribution in [3.8, 4) is 0 Å². The van der Waals surface area contributed by atoms with Crippen LogP contribution in [0, 0.1) is 6.92 Å². The molecule has 3 aromatic rings. The van der Waals surface area contributed by atoms with Crippen LogP contribution in [0.3, 0.4) is 0 Å². The minimum absolute atomic E-state index is 0.0208. The van der Waals surface area contributed by atoms with E-state index in [0.717, 1.165) is 31.5 Å². The lowest BCUT2D eigenvalue weighted by molar-refractivity contribution is 0.102. The monoisotopic (exact) mass is 357 g/mol. The predicted octanol–water partition coefficient (Wildman–Crippen LogP) is 2.48. The van der Waals surface area contributed by atoms with Gasteiger partial charge in [0.1, 0.15) is 10.7 Å². The minimum atomic E-state index is -0.251. The number of carbonyl (C=O) groups excluding carboxylic acids is 1. The smallest absolute Gasteiger partial charge is 0.267 e. The van der Waals surface area contributed by atoms with Crippen LogP contribution in [0.25, 0.3) is 10.2 Å². The van der Waals surface area contributed by atoms with Gasteiger partial charge in [-0.25, -0.2) is 4.98 Å². The highest BCUT2D eigenvalue weighted by Crippen LogP contribution is 2.29. The molecule has 130 valence electrons. The summed E-state index contributed by atoms with van der Waals surface area (Å²) in [4.78, 5) is 31.4. The number of hydrogen-bond acceptors (Lipinski definition) is 5. The van der Waals surface area contributed by atoms with E-state index >= 15 is 0 Å². The van der Waals surface area contributed by atoms with Crippen LogP contribution in [0.2, 0.25) is 0 Å². The largest absolute Gasteiger partial charge is 0.304 e. The fourth-order valence-electron chi connectivity index (χ4n) is 3.28. The van der Waals surface area contributed by atoms with Crippen LogP contribution < -0.4 is 10.9 Å². The lowest BCUT2D eigenvalue weighted by atomic mass is 10.2. The summed E-state index contributed by atoms with van der Waals surface area (Å²) in [7, 11) is 1.79. The van der Waals surface area contributed by atoms with E-state index in [1.54, 1.807) is 28.6 Å². The van der Waals surface area contributed by atoms with Crippen molar-refractivity contribution >= 4 is 33.3 Å². The first-order chi connectivity index (χ1) is 12.0. The van der Waals surface area contributed by atoms with E-state index in [0.29, 0.717) is 33.0 Å². The van der Waals surface area contributed by atoms with Crippen LogP contribution in [0.4, 0.5) is 5.82 Å². The second kappa shape index (κ2) is 6.11. The van der Waals surface area contributed by atoms with Gasteiger partial charge in [0.05, 0.1) is 10.3 Å². The summed E-state index contributed by atoms with van der Waals surface area (Å²) in [5.41, 5.74) is 0.679. The topological polar surface area (TPSA) is 81.8 Å². The number of anilines is 1. The third-order valence-electron chi connectivity index (χ3n) is 4.57. The third kappa shape index (κ3) is 2.76. The van der Waals surface area contributed by atoms with E-state index in [1.807, 2.05) is 6.92 Å². The van der Waals surface area contributed by atoms with Gasteiger partial charge in [0.25, 0.3) is 11.5 Å². The molecule has 0 bridgehead atoms. The zero-order valence-electron chi connectivity index (χ0n) is 14.2. The molecule has 1 amide bonds. The zero-order valence-corrected chi connectivity index (χ0v) is 15.0. The second-order valence-corrected chi connectivity index (χ2v) is 7.36. The number of thiophene rings is 1. The van der Waals surface area contributed by atoms with Crippen LogP contribution in [-0.4, -0.2) is 25.2 Å². The molecule has 0 radical (unpaired) electrons. The Hall–Kier alpha value is -2.48. The third-order valence-corrected chi connectivity index (χ3v) is 5.76. The molecule has 7 nitrogen and oxygen atoms in total. The molecule has 8 heteroatoms. The quantitative estimate of drug-likeness (QED) is 0.764. The maximum atomic E-state index is 12.9. The Bertz CT molecular complexity index is 1030. The Morgan fingerprint density at radius 1 is 1.32 bits per heavy atom. The van der Waals surface area contributed by atoms with E-state index in [-0.39, 0.29) is 11.5 Å². The number of fused-ring (bicyclic) bond motifs is 2. The first-order valence-electron chi connectivity index (χ1n) is 8.38.